The Hall–Kier alpha value is -0.600. The van der Waals surface area contributed by atoms with Gasteiger partial charge in [-0.1, -0.05) is 0 Å². The van der Waals surface area contributed by atoms with Crippen LogP contribution in [-0.2, 0) is 0 Å². The summed E-state index contributed by atoms with van der Waals surface area (Å²) in [5.41, 5.74) is 13.6. The normalized spacial score (nSPS) is 11.2. The lowest BCUT2D eigenvalue weighted by molar-refractivity contribution is 1.17. The summed E-state index contributed by atoms with van der Waals surface area (Å²) in [4.78, 5) is 0. The monoisotopic (exact) mass is 422 g/mol. The average Bonchev–Trinajstić information content (AvgIpc) is 2.50. The Balaban J connectivity index is 3.03. The van der Waals surface area contributed by atoms with Crippen molar-refractivity contribution in [3.8, 4) is 11.1 Å². The van der Waals surface area contributed by atoms with Crippen LogP contribution in [0.4, 0.5) is 0 Å². The first-order chi connectivity index (χ1) is 10.1. The minimum atomic E-state index is 1.22. The second-order valence-corrected chi connectivity index (χ2v) is 7.96. The van der Waals surface area contributed by atoms with E-state index in [1.54, 1.807) is 0 Å². The molecule has 2 rings (SSSR count). The van der Waals surface area contributed by atoms with Gasteiger partial charge in [0.2, 0.25) is 0 Å². The third-order valence-corrected chi connectivity index (χ3v) is 7.45. The molecule has 0 bridgehead atoms. The van der Waals surface area contributed by atoms with Gasteiger partial charge in [-0.05, 0) is 132 Å². The summed E-state index contributed by atoms with van der Waals surface area (Å²) in [5, 5.41) is 0. The highest BCUT2D eigenvalue weighted by Gasteiger charge is 2.21. The van der Waals surface area contributed by atoms with Crippen LogP contribution in [0.1, 0.15) is 44.5 Å². The molecule has 2 aromatic carbocycles. The Morgan fingerprint density at radius 3 is 0.864 bits per heavy atom. The summed E-state index contributed by atoms with van der Waals surface area (Å²) in [7, 11) is 0. The molecular formula is C20H24Br2. The van der Waals surface area contributed by atoms with Crippen molar-refractivity contribution in [1.82, 2.24) is 0 Å². The smallest absolute Gasteiger partial charge is 0.0288 e. The summed E-state index contributed by atoms with van der Waals surface area (Å²) in [6.07, 6.45) is 0. The summed E-state index contributed by atoms with van der Waals surface area (Å²) < 4.78 is 2.44. The highest BCUT2D eigenvalue weighted by molar-refractivity contribution is 9.11. The van der Waals surface area contributed by atoms with Crippen LogP contribution in [-0.4, -0.2) is 0 Å². The quantitative estimate of drug-likeness (QED) is 0.449. The number of halogens is 2. The fourth-order valence-electron chi connectivity index (χ4n) is 3.13. The zero-order valence-corrected chi connectivity index (χ0v) is 17.9. The van der Waals surface area contributed by atoms with Crippen molar-refractivity contribution in [2.45, 2.75) is 55.4 Å². The lowest BCUT2D eigenvalue weighted by Crippen LogP contribution is -2.02. The minimum Gasteiger partial charge on any atom is -0.0498 e. The van der Waals surface area contributed by atoms with Gasteiger partial charge in [0, 0.05) is 20.1 Å². The largest absolute Gasteiger partial charge is 0.0498 e. The van der Waals surface area contributed by atoms with E-state index in [4.69, 9.17) is 0 Å². The van der Waals surface area contributed by atoms with E-state index in [1.165, 1.54) is 64.6 Å². The maximum absolute atomic E-state index is 3.87. The second-order valence-electron chi connectivity index (χ2n) is 6.38. The van der Waals surface area contributed by atoms with E-state index in [2.05, 4.69) is 87.2 Å². The number of rotatable bonds is 1. The van der Waals surface area contributed by atoms with Crippen LogP contribution < -0.4 is 0 Å². The second kappa shape index (κ2) is 6.13. The molecule has 0 radical (unpaired) electrons. The van der Waals surface area contributed by atoms with Gasteiger partial charge in [0.15, 0.2) is 0 Å². The predicted molar refractivity (Wildman–Crippen MR) is 105 cm³/mol. The van der Waals surface area contributed by atoms with Crippen LogP contribution in [0, 0.1) is 55.4 Å². The Morgan fingerprint density at radius 2 is 0.591 bits per heavy atom. The standard InChI is InChI=1S/C20H24Br2/c1-9-11(3)15(7)19(21)17(13(9)5)18-14(6)10(2)12(4)16(8)20(18)22/h1-8H3. The van der Waals surface area contributed by atoms with Crippen molar-refractivity contribution in [2.24, 2.45) is 0 Å². The van der Waals surface area contributed by atoms with Gasteiger partial charge in [0.05, 0.1) is 0 Å². The summed E-state index contributed by atoms with van der Waals surface area (Å²) in [5.74, 6) is 0. The van der Waals surface area contributed by atoms with Crippen molar-refractivity contribution in [3.05, 3.63) is 53.5 Å². The lowest BCUT2D eigenvalue weighted by Gasteiger charge is -2.23. The van der Waals surface area contributed by atoms with Gasteiger partial charge >= 0.3 is 0 Å². The lowest BCUT2D eigenvalue weighted by atomic mass is 9.85. The van der Waals surface area contributed by atoms with E-state index in [1.807, 2.05) is 0 Å². The van der Waals surface area contributed by atoms with E-state index < -0.39 is 0 Å². The molecule has 0 nitrogen and oxygen atoms in total. The van der Waals surface area contributed by atoms with Gasteiger partial charge < -0.3 is 0 Å². The van der Waals surface area contributed by atoms with Crippen molar-refractivity contribution in [1.29, 1.82) is 0 Å². The van der Waals surface area contributed by atoms with E-state index in [0.717, 1.165) is 0 Å². The first kappa shape index (κ1) is 17.7. The SMILES string of the molecule is Cc1c(C)c(C)c(-c2c(C)c(C)c(C)c(C)c2Br)c(Br)c1C. The van der Waals surface area contributed by atoms with Gasteiger partial charge in [0.1, 0.15) is 0 Å². The zero-order valence-electron chi connectivity index (χ0n) is 14.8. The number of hydrogen-bond acceptors (Lipinski definition) is 0. The molecule has 0 aliphatic rings. The third kappa shape index (κ3) is 2.49. The molecule has 0 aromatic heterocycles. The summed E-state index contributed by atoms with van der Waals surface area (Å²) >= 11 is 7.74. The van der Waals surface area contributed by atoms with Crippen LogP contribution in [0.2, 0.25) is 0 Å². The number of benzene rings is 2. The molecule has 0 heterocycles. The van der Waals surface area contributed by atoms with Crippen LogP contribution in [0.5, 0.6) is 0 Å². The highest BCUT2D eigenvalue weighted by atomic mass is 79.9. The zero-order chi connectivity index (χ0) is 16.9. The third-order valence-electron chi connectivity index (χ3n) is 5.47. The van der Waals surface area contributed by atoms with Crippen molar-refractivity contribution in [3.63, 3.8) is 0 Å². The van der Waals surface area contributed by atoms with Gasteiger partial charge in [-0.25, -0.2) is 0 Å². The molecule has 0 unspecified atom stereocenters. The highest BCUT2D eigenvalue weighted by Crippen LogP contribution is 2.45. The topological polar surface area (TPSA) is 0 Å². The van der Waals surface area contributed by atoms with Gasteiger partial charge in [-0.3, -0.25) is 0 Å². The van der Waals surface area contributed by atoms with Crippen LogP contribution >= 0.6 is 31.9 Å². The molecular weight excluding hydrogens is 400 g/mol. The molecule has 0 N–H and O–H groups in total. The number of hydrogen-bond donors (Lipinski definition) is 0. The first-order valence-corrected chi connectivity index (χ1v) is 9.21. The van der Waals surface area contributed by atoms with Gasteiger partial charge in [-0.2, -0.15) is 0 Å². The van der Waals surface area contributed by atoms with Gasteiger partial charge in [-0.15, -0.1) is 0 Å². The van der Waals surface area contributed by atoms with Crippen molar-refractivity contribution < 1.29 is 0 Å². The van der Waals surface area contributed by atoms with Gasteiger partial charge in [0.25, 0.3) is 0 Å². The maximum atomic E-state index is 3.87. The Kier molecular flexibility index (Phi) is 4.94. The molecule has 118 valence electrons. The Labute approximate surface area is 151 Å². The molecule has 0 saturated heterocycles. The first-order valence-electron chi connectivity index (χ1n) is 7.63. The fourth-order valence-corrected chi connectivity index (χ4v) is 4.71. The van der Waals surface area contributed by atoms with Crippen LogP contribution in [0.3, 0.4) is 0 Å². The molecule has 0 spiro atoms. The Morgan fingerprint density at radius 1 is 0.364 bits per heavy atom. The van der Waals surface area contributed by atoms with E-state index in [0.29, 0.717) is 0 Å². The van der Waals surface area contributed by atoms with Crippen LogP contribution in [0.15, 0.2) is 8.95 Å². The van der Waals surface area contributed by atoms with E-state index in [-0.39, 0.29) is 0 Å². The van der Waals surface area contributed by atoms with Crippen molar-refractivity contribution >= 4 is 31.9 Å². The fraction of sp³-hybridized carbons (Fsp3) is 0.400. The summed E-state index contributed by atoms with van der Waals surface area (Å²) in [6.45, 7) is 17.7. The molecule has 0 fully saturated rings. The van der Waals surface area contributed by atoms with E-state index in [9.17, 15) is 0 Å². The molecule has 2 heteroatoms. The molecule has 0 amide bonds. The van der Waals surface area contributed by atoms with Crippen molar-refractivity contribution in [2.75, 3.05) is 0 Å². The molecule has 2 aromatic rings. The van der Waals surface area contributed by atoms with E-state index >= 15 is 0 Å². The Bertz CT molecular complexity index is 658. The predicted octanol–water partition coefficient (Wildman–Crippen LogP) is 7.35. The maximum Gasteiger partial charge on any atom is 0.0288 e. The molecule has 22 heavy (non-hydrogen) atoms. The minimum absolute atomic E-state index is 1.22. The summed E-state index contributed by atoms with van der Waals surface area (Å²) in [6, 6.07) is 0. The van der Waals surface area contributed by atoms with Crippen LogP contribution in [0.25, 0.3) is 11.1 Å². The molecule has 0 saturated carbocycles. The molecule has 0 aliphatic heterocycles. The average molecular weight is 424 g/mol. The molecule has 0 atom stereocenters. The molecule has 0 aliphatic carbocycles.